The Balaban J connectivity index is 1.40. The van der Waals surface area contributed by atoms with Crippen LogP contribution in [-0.4, -0.2) is 85.6 Å². The molecule has 34 heavy (non-hydrogen) atoms. The van der Waals surface area contributed by atoms with E-state index in [2.05, 4.69) is 4.90 Å². The molecule has 2 aromatic carbocycles. The molecule has 0 aromatic heterocycles. The monoisotopic (exact) mass is 465 g/mol. The number of nitrogens with zero attached hydrogens (tertiary/aromatic N) is 3. The topological polar surface area (TPSA) is 62.3 Å². The molecule has 7 nitrogen and oxygen atoms in total. The van der Waals surface area contributed by atoms with Crippen molar-refractivity contribution < 1.29 is 19.1 Å². The lowest BCUT2D eigenvalue weighted by Gasteiger charge is -2.39. The lowest BCUT2D eigenvalue weighted by atomic mass is 9.90. The van der Waals surface area contributed by atoms with Crippen molar-refractivity contribution in [3.05, 3.63) is 66.2 Å². The summed E-state index contributed by atoms with van der Waals surface area (Å²) in [6.07, 6.45) is 0.954. The van der Waals surface area contributed by atoms with Gasteiger partial charge in [0.1, 0.15) is 11.9 Å². The Labute approximate surface area is 202 Å². The highest BCUT2D eigenvalue weighted by molar-refractivity contribution is 5.79. The minimum Gasteiger partial charge on any atom is -0.490 e. The fraction of sp³-hybridized carbons (Fsp3) is 0.481. The zero-order valence-corrected chi connectivity index (χ0v) is 20.0. The molecule has 0 unspecified atom stereocenters. The zero-order valence-electron chi connectivity index (χ0n) is 20.0. The van der Waals surface area contributed by atoms with E-state index in [-0.39, 0.29) is 23.8 Å². The zero-order chi connectivity index (χ0) is 23.8. The summed E-state index contributed by atoms with van der Waals surface area (Å²) in [5.41, 5.74) is 1.10. The minimum atomic E-state index is -0.107. The van der Waals surface area contributed by atoms with Gasteiger partial charge in [-0.05, 0) is 17.7 Å². The van der Waals surface area contributed by atoms with Gasteiger partial charge in [0, 0.05) is 58.5 Å². The van der Waals surface area contributed by atoms with E-state index in [9.17, 15) is 9.59 Å². The van der Waals surface area contributed by atoms with Crippen LogP contribution in [0.2, 0.25) is 0 Å². The number of hydrogen-bond donors (Lipinski definition) is 0. The van der Waals surface area contributed by atoms with Crippen LogP contribution in [0.1, 0.15) is 18.4 Å². The Morgan fingerprint density at radius 2 is 1.68 bits per heavy atom. The predicted octanol–water partition coefficient (Wildman–Crippen LogP) is 2.66. The Kier molecular flexibility index (Phi) is 8.55. The van der Waals surface area contributed by atoms with Gasteiger partial charge in [-0.15, -0.1) is 0 Å². The maximum atomic E-state index is 13.2. The Morgan fingerprint density at radius 3 is 2.38 bits per heavy atom. The number of hydrogen-bond acceptors (Lipinski definition) is 5. The molecule has 2 atom stereocenters. The number of ether oxygens (including phenoxy) is 2. The van der Waals surface area contributed by atoms with Gasteiger partial charge in [-0.25, -0.2) is 0 Å². The highest BCUT2D eigenvalue weighted by Gasteiger charge is 2.35. The summed E-state index contributed by atoms with van der Waals surface area (Å²) in [5.74, 6) is 0.928. The van der Waals surface area contributed by atoms with E-state index < -0.39 is 0 Å². The molecule has 0 N–H and O–H groups in total. The second-order valence-corrected chi connectivity index (χ2v) is 9.19. The fourth-order valence-electron chi connectivity index (χ4n) is 4.64. The summed E-state index contributed by atoms with van der Waals surface area (Å²) in [6, 6.07) is 19.7. The number of rotatable bonds is 8. The molecule has 0 radical (unpaired) electrons. The van der Waals surface area contributed by atoms with Crippen LogP contribution >= 0.6 is 0 Å². The number of likely N-dealkylation sites (tertiary alicyclic amines) is 1. The predicted molar refractivity (Wildman–Crippen MR) is 130 cm³/mol. The average molecular weight is 466 g/mol. The molecule has 0 saturated carbocycles. The van der Waals surface area contributed by atoms with Gasteiger partial charge in [-0.2, -0.15) is 0 Å². The van der Waals surface area contributed by atoms with E-state index in [0.29, 0.717) is 52.2 Å². The molecule has 2 fully saturated rings. The first kappa shape index (κ1) is 24.2. The molecule has 2 heterocycles. The molecule has 182 valence electrons. The van der Waals surface area contributed by atoms with Crippen molar-refractivity contribution in [3.8, 4) is 5.75 Å². The van der Waals surface area contributed by atoms with Crippen molar-refractivity contribution in [1.29, 1.82) is 0 Å². The molecule has 2 amide bonds. The lowest BCUT2D eigenvalue weighted by molar-refractivity contribution is -0.140. The van der Waals surface area contributed by atoms with E-state index in [1.165, 1.54) is 0 Å². The van der Waals surface area contributed by atoms with Crippen molar-refractivity contribution in [2.24, 2.45) is 5.92 Å². The van der Waals surface area contributed by atoms with Crippen molar-refractivity contribution >= 4 is 11.8 Å². The maximum absolute atomic E-state index is 13.2. The van der Waals surface area contributed by atoms with Crippen LogP contribution in [0.5, 0.6) is 5.75 Å². The van der Waals surface area contributed by atoms with Crippen LogP contribution in [0, 0.1) is 5.92 Å². The molecule has 2 saturated heterocycles. The van der Waals surface area contributed by atoms with Crippen molar-refractivity contribution in [2.45, 2.75) is 25.5 Å². The van der Waals surface area contributed by atoms with Crippen LogP contribution in [0.4, 0.5) is 0 Å². The summed E-state index contributed by atoms with van der Waals surface area (Å²) in [7, 11) is 1.84. The van der Waals surface area contributed by atoms with Crippen LogP contribution in [0.15, 0.2) is 60.7 Å². The molecule has 0 bridgehead atoms. The maximum Gasteiger partial charge on any atom is 0.236 e. The molecule has 2 aliphatic rings. The number of benzene rings is 2. The van der Waals surface area contributed by atoms with E-state index in [1.807, 2.05) is 72.6 Å². The third-order valence-corrected chi connectivity index (χ3v) is 6.64. The summed E-state index contributed by atoms with van der Waals surface area (Å²) >= 11 is 0. The minimum absolute atomic E-state index is 0.0617. The van der Waals surface area contributed by atoms with Crippen LogP contribution in [-0.2, 0) is 20.9 Å². The van der Waals surface area contributed by atoms with E-state index in [0.717, 1.165) is 24.4 Å². The van der Waals surface area contributed by atoms with E-state index in [1.54, 1.807) is 4.90 Å². The van der Waals surface area contributed by atoms with Gasteiger partial charge in [-0.3, -0.25) is 14.5 Å². The van der Waals surface area contributed by atoms with Crippen molar-refractivity contribution in [2.75, 3.05) is 53.0 Å². The number of para-hydroxylation sites is 1. The summed E-state index contributed by atoms with van der Waals surface area (Å²) in [6.45, 7) is 5.06. The quantitative estimate of drug-likeness (QED) is 0.600. The first-order chi connectivity index (χ1) is 16.6. The Bertz CT molecular complexity index is 918. The second kappa shape index (κ2) is 12.0. The highest BCUT2D eigenvalue weighted by atomic mass is 16.5. The third-order valence-electron chi connectivity index (χ3n) is 6.64. The smallest absolute Gasteiger partial charge is 0.236 e. The molecule has 4 rings (SSSR count). The van der Waals surface area contributed by atoms with Gasteiger partial charge in [0.2, 0.25) is 11.8 Å². The Morgan fingerprint density at radius 1 is 1.00 bits per heavy atom. The molecular weight excluding hydrogens is 430 g/mol. The third kappa shape index (κ3) is 6.81. The van der Waals surface area contributed by atoms with Gasteiger partial charge in [0.15, 0.2) is 0 Å². The first-order valence-electron chi connectivity index (χ1n) is 12.2. The van der Waals surface area contributed by atoms with Gasteiger partial charge in [0.25, 0.3) is 0 Å². The van der Waals surface area contributed by atoms with Crippen molar-refractivity contribution in [3.63, 3.8) is 0 Å². The standard InChI is InChI=1S/C27H35N3O4/c1-28(19-22-8-4-2-5-9-22)26(31)18-23-20-30(27(32)21-29-14-16-33-17-15-29)13-12-25(23)34-24-10-6-3-7-11-24/h2-11,23,25H,12-21H2,1H3/t23-,25-/m0/s1. The first-order valence-corrected chi connectivity index (χ1v) is 12.2. The van der Waals surface area contributed by atoms with Crippen LogP contribution < -0.4 is 4.74 Å². The summed E-state index contributed by atoms with van der Waals surface area (Å²) in [4.78, 5) is 32.0. The van der Waals surface area contributed by atoms with E-state index in [4.69, 9.17) is 9.47 Å². The van der Waals surface area contributed by atoms with Gasteiger partial charge < -0.3 is 19.3 Å². The number of amides is 2. The second-order valence-electron chi connectivity index (χ2n) is 9.19. The molecule has 0 spiro atoms. The summed E-state index contributed by atoms with van der Waals surface area (Å²) in [5, 5.41) is 0. The molecule has 0 aliphatic carbocycles. The number of carbonyl (C=O) groups is 2. The number of carbonyl (C=O) groups excluding carboxylic acids is 2. The Hall–Kier alpha value is -2.90. The largest absolute Gasteiger partial charge is 0.490 e. The van der Waals surface area contributed by atoms with Crippen molar-refractivity contribution in [1.82, 2.24) is 14.7 Å². The molecule has 7 heteroatoms. The fourth-order valence-corrected chi connectivity index (χ4v) is 4.64. The SMILES string of the molecule is CN(Cc1ccccc1)C(=O)C[C@H]1CN(C(=O)CN2CCOCC2)CC[C@@H]1Oc1ccccc1. The average Bonchev–Trinajstić information content (AvgIpc) is 2.87. The summed E-state index contributed by atoms with van der Waals surface area (Å²) < 4.78 is 11.7. The number of morpholine rings is 1. The molecule has 2 aliphatic heterocycles. The van der Waals surface area contributed by atoms with Gasteiger partial charge >= 0.3 is 0 Å². The van der Waals surface area contributed by atoms with Crippen LogP contribution in [0.25, 0.3) is 0 Å². The number of piperidine rings is 1. The van der Waals surface area contributed by atoms with Gasteiger partial charge in [-0.1, -0.05) is 48.5 Å². The lowest BCUT2D eigenvalue weighted by Crippen LogP contribution is -2.52. The highest BCUT2D eigenvalue weighted by Crippen LogP contribution is 2.26. The van der Waals surface area contributed by atoms with E-state index >= 15 is 0 Å². The molecular formula is C27H35N3O4. The van der Waals surface area contributed by atoms with Crippen LogP contribution in [0.3, 0.4) is 0 Å². The van der Waals surface area contributed by atoms with Gasteiger partial charge in [0.05, 0.1) is 19.8 Å². The molecule has 2 aromatic rings. The normalized spacial score (nSPS) is 21.1.